The Bertz CT molecular complexity index is 324. The molecule has 0 aliphatic heterocycles. The number of nitrogens with one attached hydrogen (secondary N) is 1. The molecular weight excluding hydrogens is 290 g/mol. The molecule has 0 saturated carbocycles. The predicted molar refractivity (Wildman–Crippen MR) is 83.2 cm³/mol. The number of carbonyl (C=O) groups excluding carboxylic acids is 2. The van der Waals surface area contributed by atoms with Gasteiger partial charge in [-0.05, 0) is 47.5 Å². The number of alkyl carbamates (subject to hydrolysis) is 1. The summed E-state index contributed by atoms with van der Waals surface area (Å²) < 4.78 is 9.73. The van der Waals surface area contributed by atoms with E-state index in [0.29, 0.717) is 19.4 Å². The molecule has 0 rings (SSSR count). The SMILES string of the molecule is CC(C)(O)O.CCC(CCNC(=O)OC(C)(C)C)C(=O)OC. The number of esters is 1. The molecule has 132 valence electrons. The molecule has 0 aromatic rings. The summed E-state index contributed by atoms with van der Waals surface area (Å²) in [6.07, 6.45) is 0.794. The molecule has 7 nitrogen and oxygen atoms in total. The van der Waals surface area contributed by atoms with Crippen molar-refractivity contribution >= 4 is 12.1 Å². The monoisotopic (exact) mass is 321 g/mol. The van der Waals surface area contributed by atoms with E-state index in [9.17, 15) is 9.59 Å². The highest BCUT2D eigenvalue weighted by Crippen LogP contribution is 2.10. The van der Waals surface area contributed by atoms with Gasteiger partial charge in [-0.1, -0.05) is 6.92 Å². The molecule has 0 aliphatic carbocycles. The zero-order chi connectivity index (χ0) is 18.0. The van der Waals surface area contributed by atoms with Gasteiger partial charge in [0, 0.05) is 6.54 Å². The van der Waals surface area contributed by atoms with Gasteiger partial charge in [-0.3, -0.25) is 4.79 Å². The third-order valence-electron chi connectivity index (χ3n) is 2.19. The second kappa shape index (κ2) is 10.4. The van der Waals surface area contributed by atoms with Crippen molar-refractivity contribution in [2.24, 2.45) is 5.92 Å². The molecule has 0 aromatic carbocycles. The molecule has 0 radical (unpaired) electrons. The van der Waals surface area contributed by atoms with Crippen LogP contribution in [0.4, 0.5) is 4.79 Å². The molecule has 0 heterocycles. The zero-order valence-electron chi connectivity index (χ0n) is 14.7. The first kappa shape index (κ1) is 22.9. The molecule has 0 fully saturated rings. The topological polar surface area (TPSA) is 105 Å². The number of ether oxygens (including phenoxy) is 2. The van der Waals surface area contributed by atoms with Crippen molar-refractivity contribution in [3.63, 3.8) is 0 Å². The van der Waals surface area contributed by atoms with Gasteiger partial charge in [0.15, 0.2) is 5.79 Å². The van der Waals surface area contributed by atoms with Crippen LogP contribution in [0.1, 0.15) is 54.4 Å². The summed E-state index contributed by atoms with van der Waals surface area (Å²) in [4.78, 5) is 22.6. The van der Waals surface area contributed by atoms with Crippen LogP contribution in [-0.4, -0.2) is 47.3 Å². The van der Waals surface area contributed by atoms with E-state index >= 15 is 0 Å². The molecule has 0 bridgehead atoms. The minimum absolute atomic E-state index is 0.171. The second-order valence-corrected chi connectivity index (χ2v) is 6.34. The van der Waals surface area contributed by atoms with Gasteiger partial charge in [-0.25, -0.2) is 4.79 Å². The fourth-order valence-corrected chi connectivity index (χ4v) is 1.32. The Morgan fingerprint density at radius 3 is 1.91 bits per heavy atom. The maximum Gasteiger partial charge on any atom is 0.407 e. The highest BCUT2D eigenvalue weighted by atomic mass is 16.6. The standard InChI is InChI=1S/C12H23NO4.C3H8O2/c1-6-9(10(14)16-5)7-8-13-11(15)17-12(2,3)4;1-3(2,4)5/h9H,6-8H2,1-5H3,(H,13,15);4-5H,1-2H3. The van der Waals surface area contributed by atoms with Gasteiger partial charge in [0.05, 0.1) is 13.0 Å². The van der Waals surface area contributed by atoms with Crippen LogP contribution in [0, 0.1) is 5.92 Å². The van der Waals surface area contributed by atoms with Crippen LogP contribution in [-0.2, 0) is 14.3 Å². The highest BCUT2D eigenvalue weighted by molar-refractivity contribution is 5.72. The molecular formula is C15H31NO6. The van der Waals surface area contributed by atoms with Crippen LogP contribution in [0.25, 0.3) is 0 Å². The number of aliphatic hydroxyl groups is 2. The quantitative estimate of drug-likeness (QED) is 0.527. The smallest absolute Gasteiger partial charge is 0.407 e. The molecule has 1 atom stereocenters. The van der Waals surface area contributed by atoms with Crippen molar-refractivity contribution in [2.45, 2.75) is 65.8 Å². The number of hydrogen-bond acceptors (Lipinski definition) is 6. The third-order valence-corrected chi connectivity index (χ3v) is 2.19. The van der Waals surface area contributed by atoms with E-state index in [2.05, 4.69) is 10.1 Å². The number of rotatable bonds is 5. The molecule has 7 heteroatoms. The van der Waals surface area contributed by atoms with E-state index in [1.165, 1.54) is 21.0 Å². The van der Waals surface area contributed by atoms with E-state index in [1.807, 2.05) is 6.92 Å². The Morgan fingerprint density at radius 1 is 1.14 bits per heavy atom. The van der Waals surface area contributed by atoms with Crippen molar-refractivity contribution in [3.05, 3.63) is 0 Å². The average molecular weight is 321 g/mol. The first-order valence-electron chi connectivity index (χ1n) is 7.29. The first-order valence-corrected chi connectivity index (χ1v) is 7.29. The molecule has 0 aromatic heterocycles. The van der Waals surface area contributed by atoms with Crippen LogP contribution in [0.15, 0.2) is 0 Å². The molecule has 1 amide bonds. The van der Waals surface area contributed by atoms with Gasteiger partial charge >= 0.3 is 12.1 Å². The van der Waals surface area contributed by atoms with Crippen LogP contribution in [0.2, 0.25) is 0 Å². The summed E-state index contributed by atoms with van der Waals surface area (Å²) in [5.41, 5.74) is -0.503. The van der Waals surface area contributed by atoms with E-state index in [4.69, 9.17) is 14.9 Å². The van der Waals surface area contributed by atoms with Gasteiger partial charge in [0.1, 0.15) is 5.60 Å². The highest BCUT2D eigenvalue weighted by Gasteiger charge is 2.19. The second-order valence-electron chi connectivity index (χ2n) is 6.34. The number of carbonyl (C=O) groups is 2. The molecule has 1 unspecified atom stereocenters. The van der Waals surface area contributed by atoms with Gasteiger partial charge in [-0.2, -0.15) is 0 Å². The molecule has 3 N–H and O–H groups in total. The van der Waals surface area contributed by atoms with Gasteiger partial charge in [0.25, 0.3) is 0 Å². The predicted octanol–water partition coefficient (Wildman–Crippen LogP) is 1.81. The molecule has 0 aliphatic rings. The van der Waals surface area contributed by atoms with Crippen molar-refractivity contribution < 1.29 is 29.3 Å². The molecule has 22 heavy (non-hydrogen) atoms. The Labute approximate surface area is 133 Å². The third kappa shape index (κ3) is 18.7. The Kier molecular flexibility index (Phi) is 10.8. The number of hydrogen-bond donors (Lipinski definition) is 3. The van der Waals surface area contributed by atoms with Crippen molar-refractivity contribution in [2.75, 3.05) is 13.7 Å². The Morgan fingerprint density at radius 2 is 1.59 bits per heavy atom. The fourth-order valence-electron chi connectivity index (χ4n) is 1.32. The summed E-state index contributed by atoms with van der Waals surface area (Å²) in [5, 5.41) is 18.8. The van der Waals surface area contributed by atoms with Crippen molar-refractivity contribution in [1.29, 1.82) is 0 Å². The lowest BCUT2D eigenvalue weighted by Gasteiger charge is -2.20. The number of amides is 1. The summed E-state index contributed by atoms with van der Waals surface area (Å²) in [7, 11) is 1.37. The molecule has 0 saturated heterocycles. The first-order chi connectivity index (χ1) is 9.80. The summed E-state index contributed by atoms with van der Waals surface area (Å²) in [6, 6.07) is 0. The van der Waals surface area contributed by atoms with Crippen LogP contribution in [0.5, 0.6) is 0 Å². The van der Waals surface area contributed by atoms with Gasteiger partial charge < -0.3 is 25.0 Å². The van der Waals surface area contributed by atoms with Crippen molar-refractivity contribution in [3.8, 4) is 0 Å². The van der Waals surface area contributed by atoms with Crippen LogP contribution in [0.3, 0.4) is 0 Å². The van der Waals surface area contributed by atoms with E-state index in [1.54, 1.807) is 20.8 Å². The Hall–Kier alpha value is -1.34. The normalized spacial score (nSPS) is 12.6. The number of methoxy groups -OCH3 is 1. The lowest BCUT2D eigenvalue weighted by atomic mass is 10.0. The zero-order valence-corrected chi connectivity index (χ0v) is 14.7. The van der Waals surface area contributed by atoms with E-state index in [0.717, 1.165) is 0 Å². The Balaban J connectivity index is 0. The minimum atomic E-state index is -1.50. The van der Waals surface area contributed by atoms with Crippen LogP contribution >= 0.6 is 0 Å². The van der Waals surface area contributed by atoms with Crippen LogP contribution < -0.4 is 5.32 Å². The minimum Gasteiger partial charge on any atom is -0.469 e. The summed E-state index contributed by atoms with van der Waals surface area (Å²) in [6.45, 7) is 10.3. The maximum atomic E-state index is 11.3. The van der Waals surface area contributed by atoms with Gasteiger partial charge in [0.2, 0.25) is 0 Å². The van der Waals surface area contributed by atoms with Crippen molar-refractivity contribution in [1.82, 2.24) is 5.32 Å². The fraction of sp³-hybridized carbons (Fsp3) is 0.867. The maximum absolute atomic E-state index is 11.3. The average Bonchev–Trinajstić information content (AvgIpc) is 2.29. The molecule has 0 spiro atoms. The van der Waals surface area contributed by atoms with Gasteiger partial charge in [-0.15, -0.1) is 0 Å². The largest absolute Gasteiger partial charge is 0.469 e. The summed E-state index contributed by atoms with van der Waals surface area (Å²) in [5.74, 6) is -1.91. The lowest BCUT2D eigenvalue weighted by molar-refractivity contribution is -0.145. The lowest BCUT2D eigenvalue weighted by Crippen LogP contribution is -2.34. The van der Waals surface area contributed by atoms with E-state index < -0.39 is 17.5 Å². The summed E-state index contributed by atoms with van der Waals surface area (Å²) >= 11 is 0. The van der Waals surface area contributed by atoms with E-state index in [-0.39, 0.29) is 11.9 Å².